The maximum Gasteiger partial charge on any atom is 0.237 e. The van der Waals surface area contributed by atoms with Gasteiger partial charge >= 0.3 is 0 Å². The number of hydrogen-bond donors (Lipinski definition) is 0. The van der Waals surface area contributed by atoms with Crippen molar-refractivity contribution in [2.75, 3.05) is 13.7 Å². The number of hydrogen-bond acceptors (Lipinski definition) is 5. The van der Waals surface area contributed by atoms with E-state index in [1.165, 1.54) is 6.07 Å². The van der Waals surface area contributed by atoms with Gasteiger partial charge in [-0.05, 0) is 79.3 Å². The van der Waals surface area contributed by atoms with Crippen LogP contribution < -0.4 is 4.74 Å². The van der Waals surface area contributed by atoms with E-state index in [-0.39, 0.29) is 5.82 Å². The van der Waals surface area contributed by atoms with Crippen LogP contribution in [0.15, 0.2) is 59.7 Å². The number of amidine groups is 1. The van der Waals surface area contributed by atoms with Gasteiger partial charge in [-0.15, -0.1) is 0 Å². The molecule has 168 valence electrons. The van der Waals surface area contributed by atoms with Crippen molar-refractivity contribution >= 4 is 11.9 Å². The summed E-state index contributed by atoms with van der Waals surface area (Å²) < 4.78 is 21.4. The average molecular weight is 445 g/mol. The first-order chi connectivity index (χ1) is 16.1. The van der Waals surface area contributed by atoms with Crippen LogP contribution in [0.1, 0.15) is 41.6 Å². The summed E-state index contributed by atoms with van der Waals surface area (Å²) in [6, 6.07) is 11.2. The van der Waals surface area contributed by atoms with Gasteiger partial charge in [0.25, 0.3) is 0 Å². The number of ether oxygens (including phenoxy) is 1. The predicted molar refractivity (Wildman–Crippen MR) is 124 cm³/mol. The zero-order valence-corrected chi connectivity index (χ0v) is 18.7. The highest BCUT2D eigenvalue weighted by Gasteiger charge is 2.52. The number of oxime groups is 1. The number of aromatic nitrogens is 2. The van der Waals surface area contributed by atoms with Crippen molar-refractivity contribution in [2.24, 2.45) is 5.16 Å². The number of aryl methyl sites for hydroxylation is 2. The van der Waals surface area contributed by atoms with Gasteiger partial charge in [-0.3, -0.25) is 0 Å². The molecule has 7 heteroatoms. The summed E-state index contributed by atoms with van der Waals surface area (Å²) in [7, 11) is 1.68. The Morgan fingerprint density at radius 2 is 2.09 bits per heavy atom. The minimum absolute atomic E-state index is 0.201. The zero-order valence-electron chi connectivity index (χ0n) is 18.7. The highest BCUT2D eigenvalue weighted by molar-refractivity contribution is 6.03. The van der Waals surface area contributed by atoms with Crippen LogP contribution in [-0.2, 0) is 17.0 Å². The van der Waals surface area contributed by atoms with Crippen LogP contribution in [0.3, 0.4) is 0 Å². The molecule has 1 saturated heterocycles. The minimum Gasteiger partial charge on any atom is -0.495 e. The Morgan fingerprint density at radius 3 is 2.91 bits per heavy atom. The fourth-order valence-corrected chi connectivity index (χ4v) is 5.30. The van der Waals surface area contributed by atoms with Crippen molar-refractivity contribution in [3.8, 4) is 11.4 Å². The van der Waals surface area contributed by atoms with Crippen molar-refractivity contribution in [3.63, 3.8) is 0 Å². The highest BCUT2D eigenvalue weighted by atomic mass is 19.1. The molecule has 3 aromatic rings. The Kier molecular flexibility index (Phi) is 4.54. The van der Waals surface area contributed by atoms with Gasteiger partial charge in [0.2, 0.25) is 5.72 Å². The molecular formula is C26H25FN4O2. The van der Waals surface area contributed by atoms with Gasteiger partial charge in [0.05, 0.1) is 24.8 Å². The molecule has 0 N–H and O–H groups in total. The van der Waals surface area contributed by atoms with Crippen LogP contribution in [0.5, 0.6) is 5.75 Å². The monoisotopic (exact) mass is 444 g/mol. The van der Waals surface area contributed by atoms with E-state index in [2.05, 4.69) is 27.2 Å². The smallest absolute Gasteiger partial charge is 0.237 e. The molecule has 3 heterocycles. The number of methoxy groups -OCH3 is 1. The summed E-state index contributed by atoms with van der Waals surface area (Å²) >= 11 is 0. The second-order valence-corrected chi connectivity index (χ2v) is 8.87. The van der Waals surface area contributed by atoms with Gasteiger partial charge in [0, 0.05) is 24.7 Å². The maximum absolute atomic E-state index is 13.8. The van der Waals surface area contributed by atoms with Crippen LogP contribution in [0.25, 0.3) is 11.8 Å². The summed E-state index contributed by atoms with van der Waals surface area (Å²) in [6.45, 7) is 2.84. The second-order valence-electron chi connectivity index (χ2n) is 8.87. The first-order valence-corrected chi connectivity index (χ1v) is 11.3. The standard InChI is InChI=1S/C26H25FN4O2/c1-17-15-30(16-28-17)23-8-5-18(13-24(23)32-2)12-20-4-3-11-31-25(20)29-33-26(31)10-9-19-14-21(27)6-7-22(19)26/h5-8,12-16H,3-4,9-11H2,1-2H3. The Bertz CT molecular complexity index is 1310. The van der Waals surface area contributed by atoms with Crippen LogP contribution in [-0.4, -0.2) is 33.9 Å². The lowest BCUT2D eigenvalue weighted by atomic mass is 9.95. The molecule has 1 aromatic heterocycles. The number of benzene rings is 2. The summed E-state index contributed by atoms with van der Waals surface area (Å²) in [5, 5.41) is 4.54. The number of piperidine rings is 1. The molecule has 6 nitrogen and oxygen atoms in total. The van der Waals surface area contributed by atoms with Gasteiger partial charge in [-0.2, -0.15) is 0 Å². The van der Waals surface area contributed by atoms with Gasteiger partial charge in [-0.1, -0.05) is 11.2 Å². The maximum atomic E-state index is 13.8. The van der Waals surface area contributed by atoms with Crippen molar-refractivity contribution in [1.82, 2.24) is 14.5 Å². The normalized spacial score (nSPS) is 22.3. The number of nitrogens with zero attached hydrogens (tertiary/aromatic N) is 4. The number of rotatable bonds is 3. The van der Waals surface area contributed by atoms with E-state index in [9.17, 15) is 4.39 Å². The van der Waals surface area contributed by atoms with E-state index >= 15 is 0 Å². The molecule has 0 saturated carbocycles. The lowest BCUT2D eigenvalue weighted by molar-refractivity contribution is -0.105. The fourth-order valence-electron chi connectivity index (χ4n) is 5.30. The number of fused-ring (bicyclic) bond motifs is 4. The summed E-state index contributed by atoms with van der Waals surface area (Å²) in [6.07, 6.45) is 9.44. The van der Waals surface area contributed by atoms with E-state index in [0.29, 0.717) is 0 Å². The third kappa shape index (κ3) is 3.14. The van der Waals surface area contributed by atoms with E-state index in [4.69, 9.17) is 9.57 Å². The lowest BCUT2D eigenvalue weighted by Crippen LogP contribution is -2.47. The zero-order chi connectivity index (χ0) is 22.6. The minimum atomic E-state index is -0.612. The molecule has 3 aliphatic rings. The summed E-state index contributed by atoms with van der Waals surface area (Å²) in [5.74, 6) is 1.46. The van der Waals surface area contributed by atoms with Crippen LogP contribution in [0.2, 0.25) is 0 Å². The van der Waals surface area contributed by atoms with E-state index in [0.717, 1.165) is 77.5 Å². The Labute approximate surface area is 191 Å². The molecule has 6 rings (SSSR count). The molecule has 33 heavy (non-hydrogen) atoms. The largest absolute Gasteiger partial charge is 0.495 e. The topological polar surface area (TPSA) is 51.9 Å². The molecule has 2 aromatic carbocycles. The fraction of sp³-hybridized carbons (Fsp3) is 0.308. The second kappa shape index (κ2) is 7.47. The third-order valence-corrected chi connectivity index (χ3v) is 6.85. The molecular weight excluding hydrogens is 419 g/mol. The molecule has 1 fully saturated rings. The van der Waals surface area contributed by atoms with Crippen molar-refractivity contribution < 1.29 is 14.0 Å². The van der Waals surface area contributed by atoms with Gasteiger partial charge in [0.1, 0.15) is 11.6 Å². The van der Waals surface area contributed by atoms with Crippen molar-refractivity contribution in [2.45, 2.75) is 38.3 Å². The van der Waals surface area contributed by atoms with E-state index in [1.54, 1.807) is 19.5 Å². The molecule has 1 unspecified atom stereocenters. The SMILES string of the molecule is COc1cc(C=C2CCCN3C2=NOC32CCc3cc(F)ccc32)ccc1-n1cnc(C)c1. The van der Waals surface area contributed by atoms with Crippen molar-refractivity contribution in [3.05, 3.63) is 82.7 Å². The van der Waals surface area contributed by atoms with Gasteiger partial charge in [-0.25, -0.2) is 9.37 Å². The summed E-state index contributed by atoms with van der Waals surface area (Å²) in [5.41, 5.74) is 5.52. The predicted octanol–water partition coefficient (Wildman–Crippen LogP) is 4.95. The molecule has 1 spiro atoms. The summed E-state index contributed by atoms with van der Waals surface area (Å²) in [4.78, 5) is 12.7. The first-order valence-electron chi connectivity index (χ1n) is 11.3. The Balaban J connectivity index is 1.33. The van der Waals surface area contributed by atoms with E-state index in [1.807, 2.05) is 35.9 Å². The van der Waals surface area contributed by atoms with Crippen molar-refractivity contribution in [1.29, 1.82) is 0 Å². The first kappa shape index (κ1) is 20.0. The molecule has 0 bridgehead atoms. The van der Waals surface area contributed by atoms with Crippen LogP contribution in [0.4, 0.5) is 4.39 Å². The molecule has 0 radical (unpaired) electrons. The quantitative estimate of drug-likeness (QED) is 0.574. The number of imidazole rings is 1. The average Bonchev–Trinajstić information content (AvgIpc) is 3.52. The van der Waals surface area contributed by atoms with Crippen LogP contribution in [0, 0.1) is 12.7 Å². The molecule has 1 aliphatic carbocycles. The van der Waals surface area contributed by atoms with E-state index < -0.39 is 5.72 Å². The van der Waals surface area contributed by atoms with Gasteiger partial charge < -0.3 is 19.0 Å². The lowest BCUT2D eigenvalue weighted by Gasteiger charge is -2.38. The highest BCUT2D eigenvalue weighted by Crippen LogP contribution is 2.48. The molecule has 1 atom stereocenters. The Hall–Kier alpha value is -3.61. The van der Waals surface area contributed by atoms with Crippen LogP contribution >= 0.6 is 0 Å². The molecule has 0 amide bonds. The molecule has 2 aliphatic heterocycles. The van der Waals surface area contributed by atoms with Gasteiger partial charge in [0.15, 0.2) is 5.84 Å². The Morgan fingerprint density at radius 1 is 1.18 bits per heavy atom. The number of halogens is 1. The third-order valence-electron chi connectivity index (χ3n) is 6.85.